The van der Waals surface area contributed by atoms with Crippen LogP contribution in [0, 0.1) is 0 Å². The van der Waals surface area contributed by atoms with Crippen LogP contribution in [-0.2, 0) is 6.42 Å². The topological polar surface area (TPSA) is 8.17 Å². The van der Waals surface area contributed by atoms with Crippen molar-refractivity contribution in [3.05, 3.63) is 217 Å². The third-order valence-electron chi connectivity index (χ3n) is 12.3. The van der Waals surface area contributed by atoms with E-state index in [1.165, 1.54) is 105 Å². The van der Waals surface area contributed by atoms with E-state index < -0.39 is 0 Å². The van der Waals surface area contributed by atoms with Crippen molar-refractivity contribution in [3.8, 4) is 27.9 Å². The van der Waals surface area contributed by atoms with Gasteiger partial charge in [0, 0.05) is 34.1 Å². The largest absolute Gasteiger partial charge is 0.313 e. The van der Waals surface area contributed by atoms with Crippen LogP contribution in [0.2, 0.25) is 0 Å². The standard InChI is InChI=1S/C54H36N2/c1-3-15-35(16-4-1)37-29-38(36-17-5-2-6-18-36)31-40(30-37)56-52-26-14-12-24-47(52)50-33-49-46-23-11-13-25-51(46)55(53(49)34-54(50)56)39-27-28-45-43-21-8-7-19-41(43)42-20-9-10-22-44(42)48(45)32-39/h1-32,34,49H,33H2. The predicted octanol–water partition coefficient (Wildman–Crippen LogP) is 14.3. The van der Waals surface area contributed by atoms with Crippen molar-refractivity contribution in [2.24, 2.45) is 0 Å². The van der Waals surface area contributed by atoms with E-state index in [2.05, 4.69) is 210 Å². The SMILES string of the molecule is C1=C2C(Cc3c1n(-c1cc(-c4ccccc4)cc(-c4ccccc4)c1)c1ccccc31)c1ccccc1N2c1ccc2c3ccccc3c3ccccc3c2c1. The molecule has 1 aliphatic carbocycles. The summed E-state index contributed by atoms with van der Waals surface area (Å²) in [4.78, 5) is 2.55. The van der Waals surface area contributed by atoms with Crippen LogP contribution < -0.4 is 4.90 Å². The number of para-hydroxylation sites is 2. The lowest BCUT2D eigenvalue weighted by atomic mass is 9.86. The number of fused-ring (bicyclic) bond motifs is 12. The van der Waals surface area contributed by atoms with Gasteiger partial charge in [0.05, 0.1) is 11.2 Å². The molecule has 9 aromatic carbocycles. The quantitative estimate of drug-likeness (QED) is 0.165. The summed E-state index contributed by atoms with van der Waals surface area (Å²) >= 11 is 0. The fourth-order valence-corrected chi connectivity index (χ4v) is 9.79. The van der Waals surface area contributed by atoms with E-state index in [0.717, 1.165) is 6.42 Å². The van der Waals surface area contributed by atoms with Gasteiger partial charge in [-0.2, -0.15) is 0 Å². The van der Waals surface area contributed by atoms with Crippen LogP contribution in [0.4, 0.5) is 11.4 Å². The van der Waals surface area contributed by atoms with Gasteiger partial charge in [-0.15, -0.1) is 0 Å². The third kappa shape index (κ3) is 4.63. The van der Waals surface area contributed by atoms with Crippen LogP contribution in [-0.4, -0.2) is 4.57 Å². The zero-order valence-electron chi connectivity index (χ0n) is 30.7. The smallest absolute Gasteiger partial charge is 0.0537 e. The lowest BCUT2D eigenvalue weighted by molar-refractivity contribution is 0.797. The minimum absolute atomic E-state index is 0.248. The van der Waals surface area contributed by atoms with Crippen LogP contribution in [0.1, 0.15) is 22.7 Å². The summed E-state index contributed by atoms with van der Waals surface area (Å²) in [5, 5.41) is 9.09. The summed E-state index contributed by atoms with van der Waals surface area (Å²) < 4.78 is 2.52. The maximum atomic E-state index is 2.55. The van der Waals surface area contributed by atoms with Crippen molar-refractivity contribution in [2.75, 3.05) is 4.90 Å². The molecule has 0 spiro atoms. The summed E-state index contributed by atoms with van der Waals surface area (Å²) in [6.07, 6.45) is 3.44. The molecule has 2 heterocycles. The summed E-state index contributed by atoms with van der Waals surface area (Å²) in [6, 6.07) is 71.5. The van der Waals surface area contributed by atoms with Crippen LogP contribution in [0.5, 0.6) is 0 Å². The van der Waals surface area contributed by atoms with Gasteiger partial charge < -0.3 is 9.47 Å². The highest BCUT2D eigenvalue weighted by molar-refractivity contribution is 6.25. The Balaban J connectivity index is 1.10. The Hall–Kier alpha value is -7.16. The van der Waals surface area contributed by atoms with Crippen molar-refractivity contribution in [3.63, 3.8) is 0 Å². The molecule has 0 fully saturated rings. The number of anilines is 2. The monoisotopic (exact) mass is 712 g/mol. The normalized spacial score (nSPS) is 14.6. The average Bonchev–Trinajstić information content (AvgIpc) is 3.78. The molecule has 10 aromatic rings. The molecule has 0 saturated carbocycles. The number of nitrogens with zero attached hydrogens (tertiary/aromatic N) is 2. The molecule has 12 rings (SSSR count). The van der Waals surface area contributed by atoms with Crippen molar-refractivity contribution in [1.29, 1.82) is 0 Å². The second-order valence-corrected chi connectivity index (χ2v) is 15.3. The first-order valence-electron chi connectivity index (χ1n) is 19.6. The zero-order chi connectivity index (χ0) is 36.7. The lowest BCUT2D eigenvalue weighted by Crippen LogP contribution is -2.18. The fourth-order valence-electron chi connectivity index (χ4n) is 9.79. The summed E-state index contributed by atoms with van der Waals surface area (Å²) in [6.45, 7) is 0. The molecule has 2 aliphatic rings. The molecule has 1 aliphatic heterocycles. The molecule has 262 valence electrons. The van der Waals surface area contributed by atoms with E-state index in [1.54, 1.807) is 0 Å². The van der Waals surface area contributed by atoms with Crippen LogP contribution in [0.3, 0.4) is 0 Å². The van der Waals surface area contributed by atoms with Gasteiger partial charge in [-0.3, -0.25) is 0 Å². The van der Waals surface area contributed by atoms with E-state index in [9.17, 15) is 0 Å². The molecule has 0 saturated heterocycles. The van der Waals surface area contributed by atoms with Gasteiger partial charge in [-0.1, -0.05) is 152 Å². The van der Waals surface area contributed by atoms with E-state index in [4.69, 9.17) is 0 Å². The molecule has 1 atom stereocenters. The van der Waals surface area contributed by atoms with Crippen LogP contribution in [0.15, 0.2) is 200 Å². The van der Waals surface area contributed by atoms with Gasteiger partial charge in [0.2, 0.25) is 0 Å². The fraction of sp³-hybridized carbons (Fsp3) is 0.0370. The van der Waals surface area contributed by atoms with Gasteiger partial charge in [0.25, 0.3) is 0 Å². The number of hydrogen-bond acceptors (Lipinski definition) is 1. The average molecular weight is 713 g/mol. The minimum Gasteiger partial charge on any atom is -0.313 e. The molecule has 0 bridgehead atoms. The van der Waals surface area contributed by atoms with Crippen molar-refractivity contribution < 1.29 is 0 Å². The van der Waals surface area contributed by atoms with Gasteiger partial charge in [0.1, 0.15) is 0 Å². The first kappa shape index (κ1) is 31.2. The Morgan fingerprint density at radius 3 is 1.59 bits per heavy atom. The number of benzene rings is 9. The van der Waals surface area contributed by atoms with E-state index in [0.29, 0.717) is 0 Å². The van der Waals surface area contributed by atoms with Gasteiger partial charge in [-0.25, -0.2) is 0 Å². The summed E-state index contributed by atoms with van der Waals surface area (Å²) in [5.74, 6) is 0.248. The molecule has 0 radical (unpaired) electrons. The maximum absolute atomic E-state index is 2.55. The molecular weight excluding hydrogens is 677 g/mol. The molecule has 2 nitrogen and oxygen atoms in total. The Bertz CT molecular complexity index is 3130. The Morgan fingerprint density at radius 1 is 0.393 bits per heavy atom. The number of allylic oxidation sites excluding steroid dienone is 1. The lowest BCUT2D eigenvalue weighted by Gasteiger charge is -2.27. The first-order chi connectivity index (χ1) is 27.8. The van der Waals surface area contributed by atoms with E-state index >= 15 is 0 Å². The second kappa shape index (κ2) is 12.2. The molecule has 2 heteroatoms. The van der Waals surface area contributed by atoms with Gasteiger partial charge in [0.15, 0.2) is 0 Å². The second-order valence-electron chi connectivity index (χ2n) is 15.3. The van der Waals surface area contributed by atoms with E-state index in [-0.39, 0.29) is 5.92 Å². The molecule has 0 amide bonds. The Morgan fingerprint density at radius 2 is 0.929 bits per heavy atom. The number of aromatic nitrogens is 1. The van der Waals surface area contributed by atoms with Crippen molar-refractivity contribution >= 4 is 60.7 Å². The van der Waals surface area contributed by atoms with Gasteiger partial charge >= 0.3 is 0 Å². The zero-order valence-corrected chi connectivity index (χ0v) is 30.7. The van der Waals surface area contributed by atoms with E-state index in [1.807, 2.05) is 0 Å². The van der Waals surface area contributed by atoms with Crippen LogP contribution >= 0.6 is 0 Å². The highest BCUT2D eigenvalue weighted by Crippen LogP contribution is 2.54. The molecule has 1 aromatic heterocycles. The van der Waals surface area contributed by atoms with Gasteiger partial charge in [-0.05, 0) is 121 Å². The summed E-state index contributed by atoms with van der Waals surface area (Å²) in [5.41, 5.74) is 15.1. The minimum atomic E-state index is 0.248. The van der Waals surface area contributed by atoms with Crippen molar-refractivity contribution in [1.82, 2.24) is 4.57 Å². The molecule has 1 unspecified atom stereocenters. The highest BCUT2D eigenvalue weighted by Gasteiger charge is 2.39. The van der Waals surface area contributed by atoms with Crippen LogP contribution in [0.25, 0.3) is 77.2 Å². The summed E-state index contributed by atoms with van der Waals surface area (Å²) in [7, 11) is 0. The number of rotatable bonds is 4. The predicted molar refractivity (Wildman–Crippen MR) is 236 cm³/mol. The van der Waals surface area contributed by atoms with Crippen molar-refractivity contribution in [2.45, 2.75) is 12.3 Å². The molecule has 56 heavy (non-hydrogen) atoms. The first-order valence-corrected chi connectivity index (χ1v) is 19.6. The Labute approximate surface area is 325 Å². The molecular formula is C54H36N2. The molecule has 0 N–H and O–H groups in total. The third-order valence-corrected chi connectivity index (χ3v) is 12.3. The highest BCUT2D eigenvalue weighted by atomic mass is 15.2. The Kier molecular flexibility index (Phi) is 6.79. The number of hydrogen-bond donors (Lipinski definition) is 0. The maximum Gasteiger partial charge on any atom is 0.0537 e.